The first-order valence-corrected chi connectivity index (χ1v) is 9.19. The van der Waals surface area contributed by atoms with E-state index in [-0.39, 0.29) is 31.7 Å². The molecule has 0 saturated carbocycles. The van der Waals surface area contributed by atoms with Crippen LogP contribution in [0, 0.1) is 11.6 Å². The summed E-state index contributed by atoms with van der Waals surface area (Å²) in [7, 11) is -4.17. The van der Waals surface area contributed by atoms with E-state index >= 15 is 0 Å². The molecule has 1 aliphatic rings. The Morgan fingerprint density at radius 2 is 1.81 bits per heavy atom. The van der Waals surface area contributed by atoms with Gasteiger partial charge in [-0.05, 0) is 30.3 Å². The van der Waals surface area contributed by atoms with Crippen molar-refractivity contribution in [2.45, 2.75) is 4.90 Å². The number of rotatable bonds is 4. The van der Waals surface area contributed by atoms with Crippen LogP contribution < -0.4 is 10.6 Å². The van der Waals surface area contributed by atoms with Gasteiger partial charge in [-0.2, -0.15) is 4.31 Å². The van der Waals surface area contributed by atoms with Crippen LogP contribution in [0.2, 0.25) is 0 Å². The van der Waals surface area contributed by atoms with Crippen LogP contribution in [0.1, 0.15) is 10.4 Å². The summed E-state index contributed by atoms with van der Waals surface area (Å²) in [6.45, 7) is 0.529. The highest BCUT2D eigenvalue weighted by Gasteiger charge is 2.32. The molecule has 0 aliphatic carbocycles. The monoisotopic (exact) mass is 382 g/mol. The van der Waals surface area contributed by atoms with Crippen molar-refractivity contribution in [3.63, 3.8) is 0 Å². The van der Waals surface area contributed by atoms with Crippen molar-refractivity contribution in [3.8, 4) is 0 Å². The maximum absolute atomic E-state index is 13.9. The average molecular weight is 382 g/mol. The van der Waals surface area contributed by atoms with E-state index in [0.29, 0.717) is 11.9 Å². The van der Waals surface area contributed by atoms with Crippen molar-refractivity contribution in [1.29, 1.82) is 0 Å². The highest BCUT2D eigenvalue weighted by molar-refractivity contribution is 7.89. The number of nitrogens with two attached hydrogens (primary N) is 1. The SMILES string of the molecule is NC(=O)c1cccnc1N1CCN(S(=O)(=O)c2cc(F)ccc2F)CC1. The first-order valence-electron chi connectivity index (χ1n) is 7.75. The van der Waals surface area contributed by atoms with Gasteiger partial charge < -0.3 is 10.6 Å². The van der Waals surface area contributed by atoms with Crippen molar-refractivity contribution in [2.24, 2.45) is 5.73 Å². The van der Waals surface area contributed by atoms with Crippen LogP contribution in [-0.4, -0.2) is 49.8 Å². The first kappa shape index (κ1) is 18.2. The lowest BCUT2D eigenvalue weighted by Gasteiger charge is -2.35. The number of primary amides is 1. The molecule has 0 unspecified atom stereocenters. The van der Waals surface area contributed by atoms with E-state index < -0.39 is 32.5 Å². The standard InChI is InChI=1S/C16H16F2N4O3S/c17-11-3-4-13(18)14(10-11)26(24,25)22-8-6-21(7-9-22)16-12(15(19)23)2-1-5-20-16/h1-5,10H,6-9H2,(H2,19,23). The number of nitrogens with zero attached hydrogens (tertiary/aromatic N) is 3. The summed E-state index contributed by atoms with van der Waals surface area (Å²) in [5.74, 6) is -2.10. The second-order valence-electron chi connectivity index (χ2n) is 5.70. The fourth-order valence-corrected chi connectivity index (χ4v) is 4.29. The summed E-state index contributed by atoms with van der Waals surface area (Å²) < 4.78 is 53.5. The number of sulfonamides is 1. The molecule has 1 aliphatic heterocycles. The Morgan fingerprint density at radius 3 is 2.46 bits per heavy atom. The molecule has 0 radical (unpaired) electrons. The van der Waals surface area contributed by atoms with E-state index in [9.17, 15) is 22.0 Å². The number of benzene rings is 1. The van der Waals surface area contributed by atoms with Crippen LogP contribution in [0.3, 0.4) is 0 Å². The zero-order chi connectivity index (χ0) is 18.9. The molecule has 1 amide bonds. The van der Waals surface area contributed by atoms with Gasteiger partial charge in [0.05, 0.1) is 5.56 Å². The third-order valence-corrected chi connectivity index (χ3v) is 6.02. The van der Waals surface area contributed by atoms with Crippen LogP contribution >= 0.6 is 0 Å². The average Bonchev–Trinajstić information content (AvgIpc) is 2.63. The summed E-state index contributed by atoms with van der Waals surface area (Å²) in [6.07, 6.45) is 1.51. The number of hydrogen-bond acceptors (Lipinski definition) is 5. The number of aromatic nitrogens is 1. The molecule has 138 valence electrons. The second kappa shape index (κ2) is 6.96. The fraction of sp³-hybridized carbons (Fsp3) is 0.250. The Bertz CT molecular complexity index is 944. The third-order valence-electron chi connectivity index (χ3n) is 4.10. The minimum atomic E-state index is -4.17. The maximum Gasteiger partial charge on any atom is 0.252 e. The molecule has 0 bridgehead atoms. The van der Waals surface area contributed by atoms with Crippen molar-refractivity contribution < 1.29 is 22.0 Å². The largest absolute Gasteiger partial charge is 0.365 e. The maximum atomic E-state index is 13.9. The van der Waals surface area contributed by atoms with Crippen LogP contribution in [0.4, 0.5) is 14.6 Å². The van der Waals surface area contributed by atoms with Gasteiger partial charge in [0.2, 0.25) is 10.0 Å². The second-order valence-corrected chi connectivity index (χ2v) is 7.61. The Balaban J connectivity index is 1.81. The first-order chi connectivity index (χ1) is 12.3. The minimum Gasteiger partial charge on any atom is -0.365 e. The molecule has 3 rings (SSSR count). The molecule has 1 fully saturated rings. The lowest BCUT2D eigenvalue weighted by atomic mass is 10.2. The Morgan fingerprint density at radius 1 is 1.12 bits per heavy atom. The van der Waals surface area contributed by atoms with Crippen LogP contribution in [0.5, 0.6) is 0 Å². The number of anilines is 1. The number of carbonyl (C=O) groups excluding carboxylic acids is 1. The molecule has 0 atom stereocenters. The molecule has 2 heterocycles. The smallest absolute Gasteiger partial charge is 0.252 e. The molecule has 26 heavy (non-hydrogen) atoms. The summed E-state index contributed by atoms with van der Waals surface area (Å²) in [5.41, 5.74) is 5.57. The third kappa shape index (κ3) is 3.37. The van der Waals surface area contributed by atoms with E-state index in [1.54, 1.807) is 11.0 Å². The number of hydrogen-bond donors (Lipinski definition) is 1. The van der Waals surface area contributed by atoms with Gasteiger partial charge in [-0.25, -0.2) is 22.2 Å². The van der Waals surface area contributed by atoms with Gasteiger partial charge in [0.1, 0.15) is 22.3 Å². The molecule has 7 nitrogen and oxygen atoms in total. The molecule has 1 saturated heterocycles. The summed E-state index contributed by atoms with van der Waals surface area (Å²) in [6, 6.07) is 5.43. The normalized spacial score (nSPS) is 15.8. The number of piperazine rings is 1. The molecule has 1 aromatic carbocycles. The molecule has 10 heteroatoms. The number of halogens is 2. The van der Waals surface area contributed by atoms with E-state index in [1.807, 2.05) is 0 Å². The van der Waals surface area contributed by atoms with E-state index in [0.717, 1.165) is 16.4 Å². The molecular formula is C16H16F2N4O3S. The predicted molar refractivity (Wildman–Crippen MR) is 90.1 cm³/mol. The Kier molecular flexibility index (Phi) is 4.88. The summed E-state index contributed by atoms with van der Waals surface area (Å²) >= 11 is 0. The highest BCUT2D eigenvalue weighted by Crippen LogP contribution is 2.24. The Labute approximate surface area is 149 Å². The van der Waals surface area contributed by atoms with Gasteiger partial charge in [-0.3, -0.25) is 4.79 Å². The zero-order valence-corrected chi connectivity index (χ0v) is 14.4. The summed E-state index contributed by atoms with van der Waals surface area (Å²) in [5, 5.41) is 0. The molecule has 2 aromatic rings. The molecule has 2 N–H and O–H groups in total. The number of pyridine rings is 1. The van der Waals surface area contributed by atoms with Crippen LogP contribution in [0.25, 0.3) is 0 Å². The van der Waals surface area contributed by atoms with Gasteiger partial charge in [0, 0.05) is 32.4 Å². The number of carbonyl (C=O) groups is 1. The highest BCUT2D eigenvalue weighted by atomic mass is 32.2. The van der Waals surface area contributed by atoms with Crippen molar-refractivity contribution in [3.05, 3.63) is 53.7 Å². The number of amides is 1. The molecule has 0 spiro atoms. The van der Waals surface area contributed by atoms with Gasteiger partial charge >= 0.3 is 0 Å². The minimum absolute atomic E-state index is 0.0348. The molecule has 1 aromatic heterocycles. The lowest BCUT2D eigenvalue weighted by Crippen LogP contribution is -2.49. The van der Waals surface area contributed by atoms with Gasteiger partial charge in [-0.15, -0.1) is 0 Å². The van der Waals surface area contributed by atoms with Crippen molar-refractivity contribution in [2.75, 3.05) is 31.1 Å². The van der Waals surface area contributed by atoms with Crippen LogP contribution in [-0.2, 0) is 10.0 Å². The van der Waals surface area contributed by atoms with Gasteiger partial charge in [0.15, 0.2) is 0 Å². The summed E-state index contributed by atoms with van der Waals surface area (Å²) in [4.78, 5) is 16.7. The topological polar surface area (TPSA) is 96.6 Å². The van der Waals surface area contributed by atoms with E-state index in [4.69, 9.17) is 5.73 Å². The lowest BCUT2D eigenvalue weighted by molar-refractivity contribution is 0.1000. The molecular weight excluding hydrogens is 366 g/mol. The van der Waals surface area contributed by atoms with E-state index in [2.05, 4.69) is 4.98 Å². The van der Waals surface area contributed by atoms with Crippen molar-refractivity contribution >= 4 is 21.7 Å². The van der Waals surface area contributed by atoms with Gasteiger partial charge in [-0.1, -0.05) is 0 Å². The van der Waals surface area contributed by atoms with E-state index in [1.165, 1.54) is 12.3 Å². The van der Waals surface area contributed by atoms with Gasteiger partial charge in [0.25, 0.3) is 5.91 Å². The quantitative estimate of drug-likeness (QED) is 0.850. The van der Waals surface area contributed by atoms with Crippen molar-refractivity contribution in [1.82, 2.24) is 9.29 Å². The fourth-order valence-electron chi connectivity index (χ4n) is 2.80. The van der Waals surface area contributed by atoms with Crippen LogP contribution in [0.15, 0.2) is 41.4 Å². The predicted octanol–water partition coefficient (Wildman–Crippen LogP) is 0.970. The zero-order valence-electron chi connectivity index (χ0n) is 13.6. The Hall–Kier alpha value is -2.59.